The largest absolute Gasteiger partial charge is 0.452 e. The van der Waals surface area contributed by atoms with Crippen LogP contribution >= 0.6 is 0 Å². The molecular formula is C21H26N2O3. The minimum Gasteiger partial charge on any atom is -0.452 e. The number of aryl methyl sites for hydroxylation is 2. The predicted molar refractivity (Wildman–Crippen MR) is 101 cm³/mol. The van der Waals surface area contributed by atoms with Gasteiger partial charge in [-0.2, -0.15) is 0 Å². The van der Waals surface area contributed by atoms with Crippen LogP contribution in [0.3, 0.4) is 0 Å². The maximum atomic E-state index is 12.5. The van der Waals surface area contributed by atoms with E-state index in [0.717, 1.165) is 55.2 Å². The molecule has 0 bridgehead atoms. The van der Waals surface area contributed by atoms with E-state index in [1.54, 1.807) is 13.0 Å². The van der Waals surface area contributed by atoms with Gasteiger partial charge >= 0.3 is 5.97 Å². The molecule has 0 saturated carbocycles. The van der Waals surface area contributed by atoms with Crippen LogP contribution in [0.25, 0.3) is 10.9 Å². The molecule has 138 valence electrons. The lowest BCUT2D eigenvalue weighted by molar-refractivity contribution is -0.134. The number of fused-ring (bicyclic) bond motifs is 1. The Morgan fingerprint density at radius 2 is 1.73 bits per heavy atom. The number of hydrogen-bond acceptors (Lipinski definition) is 4. The van der Waals surface area contributed by atoms with Gasteiger partial charge in [0.15, 0.2) is 6.61 Å². The van der Waals surface area contributed by atoms with Crippen LogP contribution in [0.5, 0.6) is 0 Å². The number of ether oxygens (including phenoxy) is 1. The third-order valence-corrected chi connectivity index (χ3v) is 4.92. The second-order valence-corrected chi connectivity index (χ2v) is 7.04. The van der Waals surface area contributed by atoms with Crippen LogP contribution in [-0.4, -0.2) is 41.5 Å². The van der Waals surface area contributed by atoms with Crippen molar-refractivity contribution < 1.29 is 14.3 Å². The van der Waals surface area contributed by atoms with E-state index in [4.69, 9.17) is 4.74 Å². The van der Waals surface area contributed by atoms with E-state index in [1.807, 2.05) is 30.0 Å². The van der Waals surface area contributed by atoms with Gasteiger partial charge < -0.3 is 9.64 Å². The third-order valence-electron chi connectivity index (χ3n) is 4.92. The summed E-state index contributed by atoms with van der Waals surface area (Å²) in [5.41, 5.74) is 2.99. The van der Waals surface area contributed by atoms with Gasteiger partial charge in [0.05, 0.1) is 16.8 Å². The van der Waals surface area contributed by atoms with Crippen LogP contribution in [0.15, 0.2) is 24.3 Å². The molecule has 5 heteroatoms. The van der Waals surface area contributed by atoms with E-state index < -0.39 is 5.97 Å². The SMILES string of the molecule is Cc1ccc2nc(C)c(C(=O)OCC(=O)N3CCCCCCC3)cc2c1. The Morgan fingerprint density at radius 3 is 2.46 bits per heavy atom. The number of benzene rings is 1. The zero-order valence-electron chi connectivity index (χ0n) is 15.6. The Kier molecular flexibility index (Phi) is 5.86. The van der Waals surface area contributed by atoms with Gasteiger partial charge in [-0.05, 0) is 44.9 Å². The lowest BCUT2D eigenvalue weighted by Gasteiger charge is -2.24. The van der Waals surface area contributed by atoms with Crippen LogP contribution in [0.4, 0.5) is 0 Å². The van der Waals surface area contributed by atoms with E-state index in [9.17, 15) is 9.59 Å². The molecule has 26 heavy (non-hydrogen) atoms. The van der Waals surface area contributed by atoms with Gasteiger partial charge in [-0.3, -0.25) is 9.78 Å². The number of rotatable bonds is 3. The Labute approximate surface area is 154 Å². The first kappa shape index (κ1) is 18.4. The molecule has 0 radical (unpaired) electrons. The fraction of sp³-hybridized carbons (Fsp3) is 0.476. The molecule has 2 aromatic rings. The van der Waals surface area contributed by atoms with Crippen molar-refractivity contribution in [1.29, 1.82) is 0 Å². The van der Waals surface area contributed by atoms with Gasteiger partial charge in [-0.1, -0.05) is 30.9 Å². The summed E-state index contributed by atoms with van der Waals surface area (Å²) in [6, 6.07) is 7.73. The summed E-state index contributed by atoms with van der Waals surface area (Å²) in [5, 5.41) is 0.901. The highest BCUT2D eigenvalue weighted by atomic mass is 16.5. The van der Waals surface area contributed by atoms with Crippen molar-refractivity contribution in [2.45, 2.75) is 46.0 Å². The molecule has 1 fully saturated rings. The average molecular weight is 354 g/mol. The zero-order valence-corrected chi connectivity index (χ0v) is 15.6. The number of carbonyl (C=O) groups excluding carboxylic acids is 2. The number of carbonyl (C=O) groups is 2. The highest BCUT2D eigenvalue weighted by Gasteiger charge is 2.19. The number of esters is 1. The number of hydrogen-bond donors (Lipinski definition) is 0. The molecule has 1 amide bonds. The minimum absolute atomic E-state index is 0.109. The van der Waals surface area contributed by atoms with E-state index in [-0.39, 0.29) is 12.5 Å². The predicted octanol–water partition coefficient (Wildman–Crippen LogP) is 3.80. The summed E-state index contributed by atoms with van der Waals surface area (Å²) in [5.74, 6) is -0.596. The lowest BCUT2D eigenvalue weighted by Crippen LogP contribution is -2.37. The van der Waals surface area contributed by atoms with Crippen LogP contribution in [0.1, 0.15) is 53.7 Å². The fourth-order valence-electron chi connectivity index (χ4n) is 3.39. The molecule has 5 nitrogen and oxygen atoms in total. The Bertz CT molecular complexity index is 808. The molecule has 1 saturated heterocycles. The molecule has 1 aliphatic rings. The molecule has 0 spiro atoms. The van der Waals surface area contributed by atoms with Crippen molar-refractivity contribution in [3.05, 3.63) is 41.1 Å². The number of likely N-dealkylation sites (tertiary alicyclic amines) is 1. The first-order chi connectivity index (χ1) is 12.5. The van der Waals surface area contributed by atoms with E-state index in [0.29, 0.717) is 11.3 Å². The summed E-state index contributed by atoms with van der Waals surface area (Å²) in [7, 11) is 0. The Balaban J connectivity index is 1.66. The number of pyridine rings is 1. The van der Waals surface area contributed by atoms with Crippen molar-refractivity contribution >= 4 is 22.8 Å². The standard InChI is InChI=1S/C21H26N2O3/c1-15-8-9-19-17(12-15)13-18(16(2)22-19)21(25)26-14-20(24)23-10-6-4-3-5-7-11-23/h8-9,12-13H,3-7,10-11,14H2,1-2H3. The van der Waals surface area contributed by atoms with Crippen molar-refractivity contribution in [2.24, 2.45) is 0 Å². The van der Waals surface area contributed by atoms with Gasteiger partial charge in [-0.25, -0.2) is 4.79 Å². The molecule has 0 aliphatic carbocycles. The summed E-state index contributed by atoms with van der Waals surface area (Å²) in [6.45, 7) is 5.10. The molecule has 1 aromatic heterocycles. The quantitative estimate of drug-likeness (QED) is 0.787. The third kappa shape index (κ3) is 4.40. The van der Waals surface area contributed by atoms with Crippen molar-refractivity contribution in [3.63, 3.8) is 0 Å². The Morgan fingerprint density at radius 1 is 1.04 bits per heavy atom. The molecule has 3 rings (SSSR count). The van der Waals surface area contributed by atoms with Gasteiger partial charge in [0, 0.05) is 18.5 Å². The summed E-state index contributed by atoms with van der Waals surface area (Å²) < 4.78 is 5.31. The molecule has 1 aliphatic heterocycles. The van der Waals surface area contributed by atoms with Crippen molar-refractivity contribution in [3.8, 4) is 0 Å². The summed E-state index contributed by atoms with van der Waals surface area (Å²) in [6.07, 6.45) is 5.60. The maximum Gasteiger partial charge on any atom is 0.340 e. The van der Waals surface area contributed by atoms with Gasteiger partial charge in [-0.15, -0.1) is 0 Å². The molecular weight excluding hydrogens is 328 g/mol. The van der Waals surface area contributed by atoms with E-state index >= 15 is 0 Å². The number of amides is 1. The Hall–Kier alpha value is -2.43. The second-order valence-electron chi connectivity index (χ2n) is 7.04. The normalized spacial score (nSPS) is 15.4. The van der Waals surface area contributed by atoms with Crippen molar-refractivity contribution in [1.82, 2.24) is 9.88 Å². The first-order valence-electron chi connectivity index (χ1n) is 9.37. The fourth-order valence-corrected chi connectivity index (χ4v) is 3.39. The van der Waals surface area contributed by atoms with E-state index in [1.165, 1.54) is 6.42 Å². The summed E-state index contributed by atoms with van der Waals surface area (Å²) >= 11 is 0. The number of nitrogens with zero attached hydrogens (tertiary/aromatic N) is 2. The van der Waals surface area contributed by atoms with Gasteiger partial charge in [0.2, 0.25) is 0 Å². The van der Waals surface area contributed by atoms with Gasteiger partial charge in [0.1, 0.15) is 0 Å². The maximum absolute atomic E-state index is 12.5. The summed E-state index contributed by atoms with van der Waals surface area (Å²) in [4.78, 5) is 31.1. The highest BCUT2D eigenvalue weighted by Crippen LogP contribution is 2.19. The topological polar surface area (TPSA) is 59.5 Å². The smallest absolute Gasteiger partial charge is 0.340 e. The monoisotopic (exact) mass is 354 g/mol. The zero-order chi connectivity index (χ0) is 18.5. The van der Waals surface area contributed by atoms with Crippen LogP contribution in [0.2, 0.25) is 0 Å². The van der Waals surface area contributed by atoms with Crippen LogP contribution < -0.4 is 0 Å². The molecule has 0 unspecified atom stereocenters. The second kappa shape index (κ2) is 8.30. The van der Waals surface area contributed by atoms with Crippen LogP contribution in [-0.2, 0) is 9.53 Å². The molecule has 1 aromatic carbocycles. The molecule has 0 N–H and O–H groups in total. The molecule has 2 heterocycles. The molecule has 0 atom stereocenters. The highest BCUT2D eigenvalue weighted by molar-refractivity contribution is 5.96. The van der Waals surface area contributed by atoms with Crippen LogP contribution in [0, 0.1) is 13.8 Å². The average Bonchev–Trinajstić information content (AvgIpc) is 2.59. The lowest BCUT2D eigenvalue weighted by atomic mass is 10.1. The number of aromatic nitrogens is 1. The van der Waals surface area contributed by atoms with Crippen molar-refractivity contribution in [2.75, 3.05) is 19.7 Å². The first-order valence-corrected chi connectivity index (χ1v) is 9.37. The minimum atomic E-state index is -0.487. The van der Waals surface area contributed by atoms with Gasteiger partial charge in [0.25, 0.3) is 5.91 Å². The van der Waals surface area contributed by atoms with E-state index in [2.05, 4.69) is 4.98 Å².